The number of aromatic nitrogens is 1. The Balaban J connectivity index is 2.28. The van der Waals surface area contributed by atoms with Crippen molar-refractivity contribution in [1.29, 1.82) is 0 Å². The van der Waals surface area contributed by atoms with Crippen LogP contribution < -0.4 is 15.6 Å². The number of methoxy groups -OCH3 is 1. The minimum atomic E-state index is -0.556. The van der Waals surface area contributed by atoms with E-state index < -0.39 is 17.3 Å². The van der Waals surface area contributed by atoms with Crippen LogP contribution in [0.15, 0.2) is 41.3 Å². The first kappa shape index (κ1) is 13.8. The summed E-state index contributed by atoms with van der Waals surface area (Å²) in [4.78, 5) is 23.8. The number of nitrogens with zero attached hydrogens (tertiary/aromatic N) is 1. The van der Waals surface area contributed by atoms with Gasteiger partial charge in [0.05, 0.1) is 7.11 Å². The van der Waals surface area contributed by atoms with Gasteiger partial charge in [-0.15, -0.1) is 0 Å². The first-order chi connectivity index (χ1) is 9.52. The third kappa shape index (κ3) is 2.69. The highest BCUT2D eigenvalue weighted by Gasteiger charge is 2.12. The second-order valence-electron chi connectivity index (χ2n) is 4.14. The Kier molecular flexibility index (Phi) is 3.84. The van der Waals surface area contributed by atoms with Gasteiger partial charge in [-0.3, -0.25) is 9.59 Å². The molecule has 0 aliphatic carbocycles. The number of hydrogen-bond donors (Lipinski definition) is 1. The highest BCUT2D eigenvalue weighted by Crippen LogP contribution is 2.21. The normalized spacial score (nSPS) is 10.2. The zero-order chi connectivity index (χ0) is 14.7. The van der Waals surface area contributed by atoms with E-state index in [1.807, 2.05) is 0 Å². The van der Waals surface area contributed by atoms with E-state index in [1.54, 1.807) is 19.3 Å². The van der Waals surface area contributed by atoms with Gasteiger partial charge < -0.3 is 14.6 Å². The van der Waals surface area contributed by atoms with Crippen molar-refractivity contribution in [3.63, 3.8) is 0 Å². The maximum atomic E-state index is 13.3. The molecule has 1 amide bonds. The largest absolute Gasteiger partial charge is 0.494 e. The molecule has 104 valence electrons. The van der Waals surface area contributed by atoms with Crippen molar-refractivity contribution >= 4 is 11.6 Å². The smallest absolute Gasteiger partial charge is 0.263 e. The third-order valence-electron chi connectivity index (χ3n) is 2.78. The van der Waals surface area contributed by atoms with Gasteiger partial charge in [-0.1, -0.05) is 0 Å². The number of ether oxygens (including phenoxy) is 1. The number of anilines is 1. The second-order valence-corrected chi connectivity index (χ2v) is 4.14. The average molecular weight is 276 g/mol. The van der Waals surface area contributed by atoms with Gasteiger partial charge in [0.25, 0.3) is 11.5 Å². The zero-order valence-corrected chi connectivity index (χ0v) is 11.0. The van der Waals surface area contributed by atoms with Gasteiger partial charge in [-0.25, -0.2) is 4.39 Å². The fourth-order valence-corrected chi connectivity index (χ4v) is 1.71. The van der Waals surface area contributed by atoms with E-state index in [-0.39, 0.29) is 11.3 Å². The maximum Gasteiger partial charge on any atom is 0.263 e. The topological polar surface area (TPSA) is 60.3 Å². The highest BCUT2D eigenvalue weighted by molar-refractivity contribution is 6.04. The Labute approximate surface area is 114 Å². The lowest BCUT2D eigenvalue weighted by molar-refractivity contribution is 0.102. The molecule has 20 heavy (non-hydrogen) atoms. The average Bonchev–Trinajstić information content (AvgIpc) is 2.43. The summed E-state index contributed by atoms with van der Waals surface area (Å²) in [6.45, 7) is 0. The summed E-state index contributed by atoms with van der Waals surface area (Å²) in [5.74, 6) is -1.07. The van der Waals surface area contributed by atoms with Crippen molar-refractivity contribution in [2.45, 2.75) is 0 Å². The minimum Gasteiger partial charge on any atom is -0.494 e. The number of hydrogen-bond acceptors (Lipinski definition) is 3. The van der Waals surface area contributed by atoms with Crippen LogP contribution in [0.3, 0.4) is 0 Å². The van der Waals surface area contributed by atoms with Crippen LogP contribution in [-0.2, 0) is 7.05 Å². The summed E-state index contributed by atoms with van der Waals surface area (Å²) in [6, 6.07) is 6.95. The molecule has 0 aliphatic heterocycles. The van der Waals surface area contributed by atoms with Gasteiger partial charge in [0.2, 0.25) is 0 Å². The molecule has 0 atom stereocenters. The standard InChI is InChI=1S/C14H13FN2O3/c1-17-7-3-4-10(14(17)19)13(18)16-9-5-6-11(15)12(8-9)20-2/h3-8H,1-2H3,(H,16,18). The lowest BCUT2D eigenvalue weighted by Gasteiger charge is -2.08. The number of nitrogens with one attached hydrogen (secondary N) is 1. The van der Waals surface area contributed by atoms with Crippen molar-refractivity contribution in [1.82, 2.24) is 4.57 Å². The predicted octanol–water partition coefficient (Wildman–Crippen LogP) is 1.79. The molecule has 2 aromatic rings. The van der Waals surface area contributed by atoms with Crippen molar-refractivity contribution < 1.29 is 13.9 Å². The molecule has 6 heteroatoms. The van der Waals surface area contributed by atoms with Gasteiger partial charge in [-0.05, 0) is 24.3 Å². The summed E-state index contributed by atoms with van der Waals surface area (Å²) in [5, 5.41) is 2.53. The SMILES string of the molecule is COc1cc(NC(=O)c2cccn(C)c2=O)ccc1F. The summed E-state index contributed by atoms with van der Waals surface area (Å²) < 4.78 is 19.4. The number of benzene rings is 1. The van der Waals surface area contributed by atoms with E-state index in [4.69, 9.17) is 4.74 Å². The molecule has 0 saturated heterocycles. The fraction of sp³-hybridized carbons (Fsp3) is 0.143. The lowest BCUT2D eigenvalue weighted by Crippen LogP contribution is -2.27. The quantitative estimate of drug-likeness (QED) is 0.929. The second kappa shape index (κ2) is 5.56. The van der Waals surface area contributed by atoms with Crippen LogP contribution >= 0.6 is 0 Å². The highest BCUT2D eigenvalue weighted by atomic mass is 19.1. The van der Waals surface area contributed by atoms with Crippen LogP contribution in [0.4, 0.5) is 10.1 Å². The number of aryl methyl sites for hydroxylation is 1. The van der Waals surface area contributed by atoms with Crippen LogP contribution in [0.5, 0.6) is 5.75 Å². The zero-order valence-electron chi connectivity index (χ0n) is 11.0. The molecule has 1 aromatic carbocycles. The van der Waals surface area contributed by atoms with E-state index >= 15 is 0 Å². The van der Waals surface area contributed by atoms with Crippen molar-refractivity contribution in [3.8, 4) is 5.75 Å². The maximum absolute atomic E-state index is 13.3. The van der Waals surface area contributed by atoms with Crippen molar-refractivity contribution in [3.05, 3.63) is 58.3 Å². The summed E-state index contributed by atoms with van der Waals surface area (Å²) >= 11 is 0. The van der Waals surface area contributed by atoms with Crippen LogP contribution in [0.25, 0.3) is 0 Å². The van der Waals surface area contributed by atoms with Crippen LogP contribution in [0.2, 0.25) is 0 Å². The number of rotatable bonds is 3. The van der Waals surface area contributed by atoms with E-state index in [1.165, 1.54) is 35.9 Å². The van der Waals surface area contributed by atoms with Gasteiger partial charge in [0.15, 0.2) is 11.6 Å². The summed E-state index contributed by atoms with van der Waals surface area (Å²) in [5.41, 5.74) is -0.0449. The number of pyridine rings is 1. The molecule has 0 unspecified atom stereocenters. The molecule has 2 rings (SSSR count). The lowest BCUT2D eigenvalue weighted by atomic mass is 10.2. The van der Waals surface area contributed by atoms with Crippen molar-refractivity contribution in [2.24, 2.45) is 7.05 Å². The van der Waals surface area contributed by atoms with Gasteiger partial charge in [-0.2, -0.15) is 0 Å². The van der Waals surface area contributed by atoms with Crippen molar-refractivity contribution in [2.75, 3.05) is 12.4 Å². The summed E-state index contributed by atoms with van der Waals surface area (Å²) in [6.07, 6.45) is 1.56. The van der Waals surface area contributed by atoms with Crippen LogP contribution in [-0.4, -0.2) is 17.6 Å². The number of carbonyl (C=O) groups excluding carboxylic acids is 1. The number of halogens is 1. The molecule has 0 spiro atoms. The first-order valence-electron chi connectivity index (χ1n) is 5.83. The van der Waals surface area contributed by atoms with Crippen LogP contribution in [0.1, 0.15) is 10.4 Å². The van der Waals surface area contributed by atoms with E-state index in [2.05, 4.69) is 5.32 Å². The molecule has 0 aliphatic rings. The molecule has 0 fully saturated rings. The molecule has 0 saturated carbocycles. The molecular weight excluding hydrogens is 263 g/mol. The number of amides is 1. The Morgan fingerprint density at radius 1 is 1.35 bits per heavy atom. The van der Waals surface area contributed by atoms with Gasteiger partial charge >= 0.3 is 0 Å². The monoisotopic (exact) mass is 276 g/mol. The fourth-order valence-electron chi connectivity index (χ4n) is 1.71. The molecule has 0 radical (unpaired) electrons. The van der Waals surface area contributed by atoms with E-state index in [9.17, 15) is 14.0 Å². The molecule has 1 aromatic heterocycles. The Hall–Kier alpha value is -2.63. The van der Waals surface area contributed by atoms with E-state index in [0.29, 0.717) is 5.69 Å². The molecule has 1 heterocycles. The van der Waals surface area contributed by atoms with Crippen LogP contribution in [0, 0.1) is 5.82 Å². The first-order valence-corrected chi connectivity index (χ1v) is 5.83. The Morgan fingerprint density at radius 3 is 2.80 bits per heavy atom. The molecular formula is C14H13FN2O3. The Bertz CT molecular complexity index is 710. The van der Waals surface area contributed by atoms with Gasteiger partial charge in [0, 0.05) is 25.0 Å². The van der Waals surface area contributed by atoms with Gasteiger partial charge in [0.1, 0.15) is 5.56 Å². The minimum absolute atomic E-state index is 0.0123. The Morgan fingerprint density at radius 2 is 2.10 bits per heavy atom. The van der Waals surface area contributed by atoms with E-state index in [0.717, 1.165) is 0 Å². The molecule has 0 bridgehead atoms. The predicted molar refractivity (Wildman–Crippen MR) is 72.6 cm³/mol. The number of carbonyl (C=O) groups is 1. The molecule has 1 N–H and O–H groups in total. The molecule has 5 nitrogen and oxygen atoms in total. The third-order valence-corrected chi connectivity index (χ3v) is 2.78. The summed E-state index contributed by atoms with van der Waals surface area (Å²) in [7, 11) is 2.89.